The normalized spacial score (nSPS) is 18.1. The molecule has 2 heterocycles. The summed E-state index contributed by atoms with van der Waals surface area (Å²) in [5, 5.41) is 3.23. The van der Waals surface area contributed by atoms with Gasteiger partial charge < -0.3 is 14.3 Å². The summed E-state index contributed by atoms with van der Waals surface area (Å²) < 4.78 is 3.52. The van der Waals surface area contributed by atoms with Gasteiger partial charge in [-0.15, -0.1) is 0 Å². The maximum absolute atomic E-state index is 13.6. The summed E-state index contributed by atoms with van der Waals surface area (Å²) in [6, 6.07) is 24.0. The van der Waals surface area contributed by atoms with Crippen molar-refractivity contribution in [3.05, 3.63) is 101 Å². The molecule has 0 bridgehead atoms. The Morgan fingerprint density at radius 1 is 0.912 bits per heavy atom. The first-order valence-corrected chi connectivity index (χ1v) is 12.3. The third-order valence-corrected chi connectivity index (χ3v) is 7.04. The Hall–Kier alpha value is -3.60. The predicted molar refractivity (Wildman–Crippen MR) is 136 cm³/mol. The molecule has 0 saturated heterocycles. The molecule has 1 aliphatic rings. The molecule has 2 aromatic carbocycles. The van der Waals surface area contributed by atoms with Crippen LogP contribution in [0.3, 0.4) is 0 Å². The first-order valence-electron chi connectivity index (χ1n) is 12.3. The highest BCUT2D eigenvalue weighted by atomic mass is 16.2. The second-order valence-electron chi connectivity index (χ2n) is 9.48. The van der Waals surface area contributed by atoms with Crippen molar-refractivity contribution in [1.29, 1.82) is 0 Å². The number of amides is 1. The maximum Gasteiger partial charge on any atom is 0.275 e. The molecule has 1 amide bonds. The smallest absolute Gasteiger partial charge is 0.275 e. The molecule has 174 valence electrons. The lowest BCUT2D eigenvalue weighted by Crippen LogP contribution is -2.40. The topological polar surface area (TPSA) is 55.5 Å². The molecular weight excluding hydrogens is 422 g/mol. The van der Waals surface area contributed by atoms with Crippen molar-refractivity contribution in [1.82, 2.24) is 14.3 Å². The molecule has 1 aliphatic carbocycles. The van der Waals surface area contributed by atoms with Crippen molar-refractivity contribution in [3.63, 3.8) is 0 Å². The zero-order chi connectivity index (χ0) is 23.5. The van der Waals surface area contributed by atoms with Gasteiger partial charge in [-0.3, -0.25) is 9.59 Å². The summed E-state index contributed by atoms with van der Waals surface area (Å²) in [6.07, 6.45) is 6.75. The van der Waals surface area contributed by atoms with E-state index in [0.717, 1.165) is 42.5 Å². The van der Waals surface area contributed by atoms with Crippen molar-refractivity contribution >= 4 is 11.4 Å². The molecule has 34 heavy (non-hydrogen) atoms. The summed E-state index contributed by atoms with van der Waals surface area (Å²) in [6.45, 7) is 2.72. The van der Waals surface area contributed by atoms with Gasteiger partial charge in [0.1, 0.15) is 11.2 Å². The van der Waals surface area contributed by atoms with Gasteiger partial charge in [-0.2, -0.15) is 0 Å². The van der Waals surface area contributed by atoms with Crippen LogP contribution in [0.1, 0.15) is 48.7 Å². The Labute approximate surface area is 200 Å². The van der Waals surface area contributed by atoms with Gasteiger partial charge in [0, 0.05) is 18.8 Å². The molecule has 1 saturated carbocycles. The Morgan fingerprint density at radius 2 is 1.59 bits per heavy atom. The van der Waals surface area contributed by atoms with Crippen molar-refractivity contribution < 1.29 is 4.79 Å². The van der Waals surface area contributed by atoms with Crippen LogP contribution < -0.4 is 10.9 Å². The van der Waals surface area contributed by atoms with Gasteiger partial charge in [-0.05, 0) is 61.3 Å². The van der Waals surface area contributed by atoms with E-state index in [0.29, 0.717) is 30.1 Å². The quantitative estimate of drug-likeness (QED) is 0.430. The molecule has 5 heteroatoms. The van der Waals surface area contributed by atoms with Crippen molar-refractivity contribution in [2.75, 3.05) is 0 Å². The number of aryl methyl sites for hydroxylation is 1. The van der Waals surface area contributed by atoms with E-state index in [1.807, 2.05) is 71.3 Å². The lowest BCUT2D eigenvalue weighted by atomic mass is 9.87. The predicted octanol–water partition coefficient (Wildman–Crippen LogP) is 5.32. The van der Waals surface area contributed by atoms with Gasteiger partial charge in [0.05, 0.1) is 5.69 Å². The second-order valence-corrected chi connectivity index (χ2v) is 9.48. The largest absolute Gasteiger partial charge is 0.348 e. The number of carbonyl (C=O) groups is 1. The summed E-state index contributed by atoms with van der Waals surface area (Å²) in [7, 11) is 0. The highest BCUT2D eigenvalue weighted by Crippen LogP contribution is 2.24. The molecule has 4 aromatic rings. The summed E-state index contributed by atoms with van der Waals surface area (Å²) in [5.74, 6) is 0.543. The number of nitrogens with one attached hydrogen (secondary N) is 1. The molecule has 1 fully saturated rings. The monoisotopic (exact) mass is 453 g/mol. The number of carbonyl (C=O) groups excluding carboxylic acids is 1. The van der Waals surface area contributed by atoms with E-state index >= 15 is 0 Å². The fraction of sp³-hybridized carbons (Fsp3) is 0.310. The number of aromatic nitrogens is 2. The summed E-state index contributed by atoms with van der Waals surface area (Å²) >= 11 is 0. The minimum atomic E-state index is -0.167. The van der Waals surface area contributed by atoms with Gasteiger partial charge in [0.15, 0.2) is 0 Å². The second kappa shape index (κ2) is 9.72. The molecule has 5 rings (SSSR count). The lowest BCUT2D eigenvalue weighted by molar-refractivity contribution is 0.0911. The third-order valence-electron chi connectivity index (χ3n) is 7.04. The molecule has 0 atom stereocenters. The van der Waals surface area contributed by atoms with Crippen LogP contribution in [0.25, 0.3) is 16.8 Å². The van der Waals surface area contributed by atoms with Crippen molar-refractivity contribution in [2.24, 2.45) is 5.92 Å². The highest BCUT2D eigenvalue weighted by molar-refractivity contribution is 5.93. The Morgan fingerprint density at radius 3 is 2.29 bits per heavy atom. The van der Waals surface area contributed by atoms with Gasteiger partial charge in [0.25, 0.3) is 11.5 Å². The standard InChI is InChI=1S/C29H31N3O2/c1-21-12-14-24(15-13-21)30-28(33)27-20-32-25(23-10-6-3-7-11-23)16-17-26(32)29(34)31(27)19-18-22-8-4-2-5-9-22/h2-11,16-17,20-21,24H,12-15,18-19H2,1H3,(H,30,33). The number of nitrogens with zero attached hydrogens (tertiary/aromatic N) is 2. The van der Waals surface area contributed by atoms with E-state index in [9.17, 15) is 9.59 Å². The Bertz CT molecular complexity index is 1330. The zero-order valence-corrected chi connectivity index (χ0v) is 19.6. The maximum atomic E-state index is 13.6. The molecule has 1 N–H and O–H groups in total. The molecule has 0 aliphatic heterocycles. The molecule has 0 unspecified atom stereocenters. The van der Waals surface area contributed by atoms with E-state index in [1.165, 1.54) is 0 Å². The van der Waals surface area contributed by atoms with Crippen LogP contribution in [-0.4, -0.2) is 20.9 Å². The number of hydrogen-bond donors (Lipinski definition) is 1. The number of hydrogen-bond acceptors (Lipinski definition) is 2. The van der Waals surface area contributed by atoms with Crippen molar-refractivity contribution in [3.8, 4) is 11.3 Å². The number of benzene rings is 2. The van der Waals surface area contributed by atoms with Crippen LogP contribution in [-0.2, 0) is 13.0 Å². The van der Waals surface area contributed by atoms with Crippen LogP contribution in [0.4, 0.5) is 0 Å². The molecule has 0 spiro atoms. The zero-order valence-electron chi connectivity index (χ0n) is 19.6. The minimum absolute atomic E-state index is 0.136. The van der Waals surface area contributed by atoms with Gasteiger partial charge in [-0.25, -0.2) is 0 Å². The molecule has 5 nitrogen and oxygen atoms in total. The summed E-state index contributed by atoms with van der Waals surface area (Å²) in [4.78, 5) is 27.1. The fourth-order valence-corrected chi connectivity index (χ4v) is 5.00. The Balaban J connectivity index is 1.54. The average Bonchev–Trinajstić information content (AvgIpc) is 3.30. The van der Waals surface area contributed by atoms with E-state index in [1.54, 1.807) is 4.57 Å². The van der Waals surface area contributed by atoms with E-state index < -0.39 is 0 Å². The number of rotatable bonds is 6. The SMILES string of the molecule is CC1CCC(NC(=O)c2cn3c(-c4ccccc4)ccc3c(=O)n2CCc2ccccc2)CC1. The molecule has 0 radical (unpaired) electrons. The minimum Gasteiger partial charge on any atom is -0.348 e. The summed E-state index contributed by atoms with van der Waals surface area (Å²) in [5.41, 5.74) is 3.92. The van der Waals surface area contributed by atoms with Crippen LogP contribution in [0, 0.1) is 5.92 Å². The molecule has 2 aromatic heterocycles. The third kappa shape index (κ3) is 4.56. The van der Waals surface area contributed by atoms with Crippen LogP contribution in [0.15, 0.2) is 83.8 Å². The van der Waals surface area contributed by atoms with Gasteiger partial charge >= 0.3 is 0 Å². The van der Waals surface area contributed by atoms with Crippen LogP contribution >= 0.6 is 0 Å². The number of fused-ring (bicyclic) bond motifs is 1. The van der Waals surface area contributed by atoms with Crippen LogP contribution in [0.2, 0.25) is 0 Å². The highest BCUT2D eigenvalue weighted by Gasteiger charge is 2.23. The van der Waals surface area contributed by atoms with E-state index in [-0.39, 0.29) is 17.5 Å². The van der Waals surface area contributed by atoms with Gasteiger partial charge in [0.2, 0.25) is 0 Å². The average molecular weight is 454 g/mol. The van der Waals surface area contributed by atoms with E-state index in [2.05, 4.69) is 24.4 Å². The Kier molecular flexibility index (Phi) is 6.35. The lowest BCUT2D eigenvalue weighted by Gasteiger charge is -2.27. The van der Waals surface area contributed by atoms with Crippen LogP contribution in [0.5, 0.6) is 0 Å². The first-order chi connectivity index (χ1) is 16.6. The first kappa shape index (κ1) is 22.2. The van der Waals surface area contributed by atoms with Gasteiger partial charge in [-0.1, -0.05) is 67.6 Å². The molecular formula is C29H31N3O2. The van der Waals surface area contributed by atoms with E-state index in [4.69, 9.17) is 0 Å². The van der Waals surface area contributed by atoms with Crippen molar-refractivity contribution in [2.45, 2.75) is 51.6 Å². The fourth-order valence-electron chi connectivity index (χ4n) is 5.00.